The largest absolute Gasteiger partial charge is 0.378 e. The lowest BCUT2D eigenvalue weighted by atomic mass is 10.3. The van der Waals surface area contributed by atoms with E-state index in [1.165, 1.54) is 4.90 Å². The average Bonchev–Trinajstić information content (AvgIpc) is 2.38. The van der Waals surface area contributed by atoms with Gasteiger partial charge in [0.1, 0.15) is 0 Å². The van der Waals surface area contributed by atoms with Crippen LogP contribution in [0, 0.1) is 0 Å². The van der Waals surface area contributed by atoms with Crippen LogP contribution in [0.25, 0.3) is 0 Å². The van der Waals surface area contributed by atoms with Gasteiger partial charge in [-0.25, -0.2) is 0 Å². The minimum Gasteiger partial charge on any atom is -0.378 e. The maximum atomic E-state index is 4.22. The van der Waals surface area contributed by atoms with E-state index < -0.39 is 0 Å². The number of hydrogen-bond donors (Lipinski definition) is 1. The monoisotopic (exact) mass is 231 g/mol. The van der Waals surface area contributed by atoms with Gasteiger partial charge in [-0.3, -0.25) is 9.97 Å². The molecule has 1 heterocycles. The molecule has 0 radical (unpaired) electrons. The first-order valence-electron chi connectivity index (χ1n) is 5.02. The molecule has 0 amide bonds. The summed E-state index contributed by atoms with van der Waals surface area (Å²) in [6, 6.07) is 8.24. The van der Waals surface area contributed by atoms with Crippen molar-refractivity contribution in [3.8, 4) is 0 Å². The number of nitrogens with zero attached hydrogens (tertiary/aromatic N) is 2. The van der Waals surface area contributed by atoms with E-state index >= 15 is 0 Å². The van der Waals surface area contributed by atoms with E-state index in [9.17, 15) is 0 Å². The molecular weight excluding hydrogens is 218 g/mol. The summed E-state index contributed by atoms with van der Waals surface area (Å²) in [6.07, 6.45) is 7.23. The van der Waals surface area contributed by atoms with Gasteiger partial charge in [0, 0.05) is 23.0 Å². The Morgan fingerprint density at radius 1 is 1.25 bits per heavy atom. The van der Waals surface area contributed by atoms with Gasteiger partial charge in [0.2, 0.25) is 0 Å². The second kappa shape index (κ2) is 5.51. The first-order chi connectivity index (χ1) is 7.90. The van der Waals surface area contributed by atoms with Gasteiger partial charge in [-0.05, 0) is 18.4 Å². The van der Waals surface area contributed by atoms with E-state index in [2.05, 4.69) is 33.7 Å². The number of aromatic nitrogens is 2. The second-order valence-electron chi connectivity index (χ2n) is 3.25. The molecule has 4 heteroatoms. The molecule has 0 aliphatic heterocycles. The molecule has 0 spiro atoms. The molecule has 0 unspecified atom stereocenters. The molecule has 1 aromatic heterocycles. The fourth-order valence-corrected chi connectivity index (χ4v) is 1.97. The number of hydrogen-bond acceptors (Lipinski definition) is 4. The van der Waals surface area contributed by atoms with Crippen molar-refractivity contribution < 1.29 is 0 Å². The van der Waals surface area contributed by atoms with E-state index in [1.807, 2.05) is 12.1 Å². The topological polar surface area (TPSA) is 37.8 Å². The third kappa shape index (κ3) is 2.73. The molecule has 82 valence electrons. The van der Waals surface area contributed by atoms with Crippen molar-refractivity contribution in [1.82, 2.24) is 9.97 Å². The van der Waals surface area contributed by atoms with Crippen LogP contribution in [0.3, 0.4) is 0 Å². The predicted molar refractivity (Wildman–Crippen MR) is 67.6 cm³/mol. The van der Waals surface area contributed by atoms with Crippen molar-refractivity contribution in [1.29, 1.82) is 0 Å². The second-order valence-corrected chi connectivity index (χ2v) is 4.10. The third-order valence-electron chi connectivity index (χ3n) is 2.18. The quantitative estimate of drug-likeness (QED) is 0.821. The molecule has 0 saturated heterocycles. The van der Waals surface area contributed by atoms with E-state index in [4.69, 9.17) is 0 Å². The molecule has 0 atom stereocenters. The molecule has 0 aliphatic carbocycles. The van der Waals surface area contributed by atoms with Gasteiger partial charge in [0.25, 0.3) is 0 Å². The first-order valence-corrected chi connectivity index (χ1v) is 6.24. The molecule has 0 saturated carbocycles. The molecule has 0 aliphatic rings. The Labute approximate surface area is 99.3 Å². The summed E-state index contributed by atoms with van der Waals surface area (Å²) in [7, 11) is 0. The lowest BCUT2D eigenvalue weighted by molar-refractivity contribution is 1.00. The summed E-state index contributed by atoms with van der Waals surface area (Å²) in [4.78, 5) is 9.49. The Bertz CT molecular complexity index is 445. The molecular formula is C12H13N3S. The molecule has 1 N–H and O–H groups in total. The Kier molecular flexibility index (Phi) is 3.77. The summed E-state index contributed by atoms with van der Waals surface area (Å²) >= 11 is 1.73. The van der Waals surface area contributed by atoms with Crippen LogP contribution in [-0.2, 0) is 6.54 Å². The van der Waals surface area contributed by atoms with Gasteiger partial charge in [-0.2, -0.15) is 0 Å². The highest BCUT2D eigenvalue weighted by Gasteiger charge is 1.99. The van der Waals surface area contributed by atoms with Gasteiger partial charge in [-0.15, -0.1) is 11.8 Å². The van der Waals surface area contributed by atoms with Crippen LogP contribution in [0.1, 0.15) is 5.69 Å². The van der Waals surface area contributed by atoms with Crippen molar-refractivity contribution in [2.24, 2.45) is 0 Å². The maximum absolute atomic E-state index is 4.22. The van der Waals surface area contributed by atoms with Gasteiger partial charge >= 0.3 is 0 Å². The first kappa shape index (κ1) is 11.0. The van der Waals surface area contributed by atoms with Crippen molar-refractivity contribution in [2.75, 3.05) is 11.6 Å². The number of nitrogens with one attached hydrogen (secondary N) is 1. The summed E-state index contributed by atoms with van der Waals surface area (Å²) in [5.41, 5.74) is 2.08. The van der Waals surface area contributed by atoms with Crippen LogP contribution in [0.4, 0.5) is 5.69 Å². The molecule has 2 rings (SSSR count). The lowest BCUT2D eigenvalue weighted by Crippen LogP contribution is -2.02. The van der Waals surface area contributed by atoms with Crippen LogP contribution >= 0.6 is 11.8 Å². The van der Waals surface area contributed by atoms with Crippen LogP contribution in [0.15, 0.2) is 47.8 Å². The number of benzene rings is 1. The third-order valence-corrected chi connectivity index (χ3v) is 2.98. The van der Waals surface area contributed by atoms with E-state index in [0.717, 1.165) is 11.4 Å². The average molecular weight is 231 g/mol. The summed E-state index contributed by atoms with van der Waals surface area (Å²) < 4.78 is 0. The number of thioether (sulfide) groups is 1. The molecule has 3 nitrogen and oxygen atoms in total. The van der Waals surface area contributed by atoms with Gasteiger partial charge in [0.05, 0.1) is 18.4 Å². The minimum absolute atomic E-state index is 0.700. The summed E-state index contributed by atoms with van der Waals surface area (Å²) in [5.74, 6) is 0. The van der Waals surface area contributed by atoms with Gasteiger partial charge in [0.15, 0.2) is 0 Å². The minimum atomic E-state index is 0.700. The summed E-state index contributed by atoms with van der Waals surface area (Å²) in [5, 5.41) is 3.36. The normalized spacial score (nSPS) is 10.1. The maximum Gasteiger partial charge on any atom is 0.0777 e. The Morgan fingerprint density at radius 2 is 2.12 bits per heavy atom. The van der Waals surface area contributed by atoms with Crippen LogP contribution < -0.4 is 5.32 Å². The van der Waals surface area contributed by atoms with Crippen molar-refractivity contribution in [3.05, 3.63) is 48.5 Å². The van der Waals surface area contributed by atoms with Crippen LogP contribution in [0.2, 0.25) is 0 Å². The van der Waals surface area contributed by atoms with E-state index in [0.29, 0.717) is 6.54 Å². The summed E-state index contributed by atoms with van der Waals surface area (Å²) in [6.45, 7) is 0.700. The highest BCUT2D eigenvalue weighted by Crippen LogP contribution is 2.24. The molecule has 2 aromatic rings. The molecule has 1 aromatic carbocycles. The molecule has 0 bridgehead atoms. The Balaban J connectivity index is 2.05. The van der Waals surface area contributed by atoms with E-state index in [1.54, 1.807) is 30.4 Å². The zero-order chi connectivity index (χ0) is 11.2. The fraction of sp³-hybridized carbons (Fsp3) is 0.167. The predicted octanol–water partition coefficient (Wildman–Crippen LogP) is 2.81. The fourth-order valence-electron chi connectivity index (χ4n) is 1.40. The highest BCUT2D eigenvalue weighted by atomic mass is 32.2. The smallest absolute Gasteiger partial charge is 0.0777 e. The molecule has 16 heavy (non-hydrogen) atoms. The van der Waals surface area contributed by atoms with Crippen molar-refractivity contribution >= 4 is 17.4 Å². The molecule has 0 fully saturated rings. The number of anilines is 1. The lowest BCUT2D eigenvalue weighted by Gasteiger charge is -2.09. The van der Waals surface area contributed by atoms with Crippen LogP contribution in [0.5, 0.6) is 0 Å². The van der Waals surface area contributed by atoms with Crippen LogP contribution in [-0.4, -0.2) is 16.2 Å². The SMILES string of the molecule is CSc1ccccc1NCc1cnccn1. The Hall–Kier alpha value is -1.55. The van der Waals surface area contributed by atoms with Gasteiger partial charge < -0.3 is 5.32 Å². The van der Waals surface area contributed by atoms with Gasteiger partial charge in [-0.1, -0.05) is 12.1 Å². The number of rotatable bonds is 4. The van der Waals surface area contributed by atoms with Crippen molar-refractivity contribution in [2.45, 2.75) is 11.4 Å². The van der Waals surface area contributed by atoms with Crippen molar-refractivity contribution in [3.63, 3.8) is 0 Å². The highest BCUT2D eigenvalue weighted by molar-refractivity contribution is 7.98. The zero-order valence-corrected chi connectivity index (χ0v) is 9.87. The standard InChI is InChI=1S/C12H13N3S/c1-16-12-5-3-2-4-11(12)15-9-10-8-13-6-7-14-10/h2-8,15H,9H2,1H3. The van der Waals surface area contributed by atoms with E-state index in [-0.39, 0.29) is 0 Å². The Morgan fingerprint density at radius 3 is 2.88 bits per heavy atom. The number of para-hydroxylation sites is 1. The zero-order valence-electron chi connectivity index (χ0n) is 9.05.